The van der Waals surface area contributed by atoms with Crippen LogP contribution < -0.4 is 10.5 Å². The molecule has 2 N–H and O–H groups in total. The van der Waals surface area contributed by atoms with Gasteiger partial charge in [-0.3, -0.25) is 4.79 Å². The van der Waals surface area contributed by atoms with Gasteiger partial charge in [-0.2, -0.15) is 0 Å². The van der Waals surface area contributed by atoms with Crippen molar-refractivity contribution in [2.24, 2.45) is 11.7 Å². The lowest BCUT2D eigenvalue weighted by molar-refractivity contribution is -0.133. The molecule has 2 unspecified atom stereocenters. The number of sulfone groups is 1. The Morgan fingerprint density at radius 1 is 1.35 bits per heavy atom. The van der Waals surface area contributed by atoms with Crippen molar-refractivity contribution in [3.63, 3.8) is 0 Å². The van der Waals surface area contributed by atoms with E-state index in [-0.39, 0.29) is 29.3 Å². The molecule has 8 heteroatoms. The fraction of sp³-hybridized carbons (Fsp3) is 0.611. The zero-order chi connectivity index (χ0) is 18.4. The van der Waals surface area contributed by atoms with Gasteiger partial charge < -0.3 is 15.4 Å². The second kappa shape index (κ2) is 10.1. The lowest BCUT2D eigenvalue weighted by atomic mass is 9.92. The summed E-state index contributed by atoms with van der Waals surface area (Å²) >= 11 is 0. The average molecular weight is 405 g/mol. The van der Waals surface area contributed by atoms with Gasteiger partial charge in [0.25, 0.3) is 0 Å². The van der Waals surface area contributed by atoms with Crippen LogP contribution in [0.5, 0.6) is 5.75 Å². The number of likely N-dealkylation sites (tertiary alicyclic amines) is 1. The van der Waals surface area contributed by atoms with Crippen LogP contribution in [-0.4, -0.2) is 51.2 Å². The molecule has 1 heterocycles. The highest BCUT2D eigenvalue weighted by atomic mass is 35.5. The molecule has 1 amide bonds. The molecule has 1 aliphatic rings. The van der Waals surface area contributed by atoms with E-state index < -0.39 is 9.84 Å². The van der Waals surface area contributed by atoms with Crippen molar-refractivity contribution in [3.8, 4) is 5.75 Å². The van der Waals surface area contributed by atoms with E-state index >= 15 is 0 Å². The lowest BCUT2D eigenvalue weighted by Crippen LogP contribution is -2.45. The van der Waals surface area contributed by atoms with Crippen LogP contribution in [0.15, 0.2) is 29.2 Å². The summed E-state index contributed by atoms with van der Waals surface area (Å²) in [5, 5.41) is 0. The molecule has 26 heavy (non-hydrogen) atoms. The van der Waals surface area contributed by atoms with Crippen molar-refractivity contribution in [2.75, 3.05) is 26.0 Å². The van der Waals surface area contributed by atoms with Crippen molar-refractivity contribution in [1.29, 1.82) is 0 Å². The van der Waals surface area contributed by atoms with Crippen LogP contribution in [0.1, 0.15) is 32.6 Å². The summed E-state index contributed by atoms with van der Waals surface area (Å²) in [7, 11) is -3.19. The van der Waals surface area contributed by atoms with E-state index in [1.807, 2.05) is 11.8 Å². The van der Waals surface area contributed by atoms with Gasteiger partial charge in [0.05, 0.1) is 11.5 Å². The summed E-state index contributed by atoms with van der Waals surface area (Å²) in [5.41, 5.74) is 5.96. The Bertz CT molecular complexity index is 677. The Morgan fingerprint density at radius 3 is 2.58 bits per heavy atom. The number of rotatable bonds is 7. The molecule has 0 saturated carbocycles. The Balaban J connectivity index is 0.00000338. The average Bonchev–Trinajstić information content (AvgIpc) is 2.58. The summed E-state index contributed by atoms with van der Waals surface area (Å²) in [6, 6.07) is 6.44. The molecule has 0 aliphatic carbocycles. The zero-order valence-corrected chi connectivity index (χ0v) is 17.0. The quantitative estimate of drug-likeness (QED) is 0.704. The first-order valence-corrected chi connectivity index (χ1v) is 10.6. The smallest absolute Gasteiger partial charge is 0.222 e. The van der Waals surface area contributed by atoms with Crippen molar-refractivity contribution in [1.82, 2.24) is 4.90 Å². The Morgan fingerprint density at radius 2 is 2.00 bits per heavy atom. The summed E-state index contributed by atoms with van der Waals surface area (Å²) in [6.07, 6.45) is 4.36. The second-order valence-electron chi connectivity index (χ2n) is 6.80. The van der Waals surface area contributed by atoms with Gasteiger partial charge in [-0.25, -0.2) is 8.42 Å². The Kier molecular flexibility index (Phi) is 8.86. The van der Waals surface area contributed by atoms with E-state index in [2.05, 4.69) is 0 Å². The molecular weight excluding hydrogens is 376 g/mol. The minimum absolute atomic E-state index is 0. The first-order valence-electron chi connectivity index (χ1n) is 8.73. The first kappa shape index (κ1) is 22.7. The van der Waals surface area contributed by atoms with E-state index in [9.17, 15) is 13.2 Å². The lowest BCUT2D eigenvalue weighted by Gasteiger charge is -2.34. The summed E-state index contributed by atoms with van der Waals surface area (Å²) in [6.45, 7) is 4.00. The third-order valence-corrected chi connectivity index (χ3v) is 5.74. The number of piperidine rings is 1. The molecule has 2 atom stereocenters. The van der Waals surface area contributed by atoms with Gasteiger partial charge in [0, 0.05) is 31.8 Å². The van der Waals surface area contributed by atoms with Crippen LogP contribution in [-0.2, 0) is 14.6 Å². The molecule has 6 nitrogen and oxygen atoms in total. The highest BCUT2D eigenvalue weighted by Crippen LogP contribution is 2.20. The SMILES string of the molecule is CC(N)C1CCCN(C(=O)CCCOc2ccc(S(C)(=O)=O)cc2)C1.Cl. The van der Waals surface area contributed by atoms with E-state index in [1.54, 1.807) is 12.1 Å². The van der Waals surface area contributed by atoms with Gasteiger partial charge >= 0.3 is 0 Å². The number of amides is 1. The van der Waals surface area contributed by atoms with Crippen molar-refractivity contribution < 1.29 is 17.9 Å². The first-order chi connectivity index (χ1) is 11.8. The Labute approximate surface area is 162 Å². The van der Waals surface area contributed by atoms with Gasteiger partial charge in [0.1, 0.15) is 5.75 Å². The highest BCUT2D eigenvalue weighted by molar-refractivity contribution is 7.90. The van der Waals surface area contributed by atoms with E-state index in [4.69, 9.17) is 10.5 Å². The fourth-order valence-electron chi connectivity index (χ4n) is 3.02. The second-order valence-corrected chi connectivity index (χ2v) is 8.81. The highest BCUT2D eigenvalue weighted by Gasteiger charge is 2.25. The predicted molar refractivity (Wildman–Crippen MR) is 104 cm³/mol. The van der Waals surface area contributed by atoms with E-state index in [1.165, 1.54) is 18.4 Å². The Hall–Kier alpha value is -1.31. The number of nitrogens with two attached hydrogens (primary N) is 1. The third kappa shape index (κ3) is 6.78. The summed E-state index contributed by atoms with van der Waals surface area (Å²) in [4.78, 5) is 14.5. The van der Waals surface area contributed by atoms with Gasteiger partial charge in [-0.05, 0) is 56.4 Å². The maximum absolute atomic E-state index is 12.3. The normalized spacial score (nSPS) is 18.7. The molecule has 1 saturated heterocycles. The number of carbonyl (C=O) groups is 1. The van der Waals surface area contributed by atoms with Crippen molar-refractivity contribution >= 4 is 28.2 Å². The summed E-state index contributed by atoms with van der Waals surface area (Å²) < 4.78 is 28.4. The van der Waals surface area contributed by atoms with E-state index in [0.717, 1.165) is 25.9 Å². The van der Waals surface area contributed by atoms with Crippen LogP contribution in [0, 0.1) is 5.92 Å². The number of ether oxygens (including phenoxy) is 1. The van der Waals surface area contributed by atoms with Crippen molar-refractivity contribution in [3.05, 3.63) is 24.3 Å². The van der Waals surface area contributed by atoms with Crippen LogP contribution in [0.2, 0.25) is 0 Å². The minimum Gasteiger partial charge on any atom is -0.494 e. The monoisotopic (exact) mass is 404 g/mol. The van der Waals surface area contributed by atoms with Gasteiger partial charge in [0.2, 0.25) is 5.91 Å². The molecule has 1 aromatic rings. The molecule has 1 fully saturated rings. The number of hydrogen-bond acceptors (Lipinski definition) is 5. The maximum Gasteiger partial charge on any atom is 0.222 e. The molecule has 2 rings (SSSR count). The molecule has 0 spiro atoms. The number of hydrogen-bond donors (Lipinski definition) is 1. The van der Waals surface area contributed by atoms with Crippen LogP contribution in [0.4, 0.5) is 0 Å². The molecule has 148 valence electrons. The molecule has 0 radical (unpaired) electrons. The number of carbonyl (C=O) groups excluding carboxylic acids is 1. The molecule has 0 aromatic heterocycles. The number of benzene rings is 1. The largest absolute Gasteiger partial charge is 0.494 e. The van der Waals surface area contributed by atoms with Gasteiger partial charge in [0.15, 0.2) is 9.84 Å². The molecular formula is C18H29ClN2O4S. The van der Waals surface area contributed by atoms with Crippen LogP contribution >= 0.6 is 12.4 Å². The third-order valence-electron chi connectivity index (χ3n) is 4.61. The topological polar surface area (TPSA) is 89.7 Å². The number of halogens is 1. The minimum atomic E-state index is -3.19. The van der Waals surface area contributed by atoms with Gasteiger partial charge in [-0.15, -0.1) is 12.4 Å². The zero-order valence-electron chi connectivity index (χ0n) is 15.4. The molecule has 1 aromatic carbocycles. The summed E-state index contributed by atoms with van der Waals surface area (Å²) in [5.74, 6) is 1.15. The molecule has 1 aliphatic heterocycles. The number of nitrogens with zero attached hydrogens (tertiary/aromatic N) is 1. The maximum atomic E-state index is 12.3. The van der Waals surface area contributed by atoms with Crippen LogP contribution in [0.25, 0.3) is 0 Å². The standard InChI is InChI=1S/C18H28N2O4S.ClH/c1-14(19)15-5-3-11-20(13-15)18(21)6-4-12-24-16-7-9-17(10-8-16)25(2,22)23;/h7-10,14-15H,3-6,11-13,19H2,1-2H3;1H. The van der Waals surface area contributed by atoms with Crippen LogP contribution in [0.3, 0.4) is 0 Å². The van der Waals surface area contributed by atoms with Gasteiger partial charge in [-0.1, -0.05) is 0 Å². The molecule has 0 bridgehead atoms. The predicted octanol–water partition coefficient (Wildman–Crippen LogP) is 2.26. The van der Waals surface area contributed by atoms with Crippen molar-refractivity contribution in [2.45, 2.75) is 43.5 Å². The van der Waals surface area contributed by atoms with E-state index in [0.29, 0.717) is 31.1 Å². The fourth-order valence-corrected chi connectivity index (χ4v) is 3.65.